The van der Waals surface area contributed by atoms with Crippen molar-refractivity contribution in [3.63, 3.8) is 0 Å². The van der Waals surface area contributed by atoms with Gasteiger partial charge in [-0.2, -0.15) is 0 Å². The second kappa shape index (κ2) is 11.7. The molecule has 6 nitrogen and oxygen atoms in total. The van der Waals surface area contributed by atoms with Crippen LogP contribution >= 0.6 is 0 Å². The van der Waals surface area contributed by atoms with Gasteiger partial charge in [-0.15, -0.1) is 0 Å². The van der Waals surface area contributed by atoms with Gasteiger partial charge in [0.1, 0.15) is 5.69 Å². The van der Waals surface area contributed by atoms with Crippen LogP contribution in [0.2, 0.25) is 0 Å². The topological polar surface area (TPSA) is 81.3 Å². The van der Waals surface area contributed by atoms with Gasteiger partial charge in [0.2, 0.25) is 5.91 Å². The highest BCUT2D eigenvalue weighted by Crippen LogP contribution is 2.30. The van der Waals surface area contributed by atoms with Gasteiger partial charge in [0.25, 0.3) is 6.43 Å². The quantitative estimate of drug-likeness (QED) is 0.353. The number of carbonyl (C=O) groups is 2. The molecule has 0 amide bonds. The predicted octanol–water partition coefficient (Wildman–Crippen LogP) is 6.56. The van der Waals surface area contributed by atoms with E-state index in [4.69, 9.17) is 0 Å². The molecule has 0 radical (unpaired) electrons. The number of aromatic nitrogens is 2. The largest absolute Gasteiger partial charge is 0.478 e. The van der Waals surface area contributed by atoms with Crippen LogP contribution < -0.4 is 5.69 Å². The van der Waals surface area contributed by atoms with Crippen molar-refractivity contribution in [2.24, 2.45) is 5.92 Å². The zero-order valence-electron chi connectivity index (χ0n) is 21.0. The Labute approximate surface area is 214 Å². The summed E-state index contributed by atoms with van der Waals surface area (Å²) in [6.45, 7) is 1.99. The minimum absolute atomic E-state index is 0.0450. The molecule has 1 fully saturated rings. The number of nitrogens with zero attached hydrogens (tertiary/aromatic N) is 2. The smallest absolute Gasteiger partial charge is 0.336 e. The van der Waals surface area contributed by atoms with Crippen molar-refractivity contribution in [3.8, 4) is 11.1 Å². The molecule has 0 spiro atoms. The Kier molecular flexibility index (Phi) is 8.36. The van der Waals surface area contributed by atoms with Crippen LogP contribution in [0.3, 0.4) is 0 Å². The molecule has 196 valence electrons. The number of halogens is 2. The first-order valence-corrected chi connectivity index (χ1v) is 12.9. The highest BCUT2D eigenvalue weighted by Gasteiger charge is 2.33. The van der Waals surface area contributed by atoms with Crippen molar-refractivity contribution in [3.05, 3.63) is 81.5 Å². The van der Waals surface area contributed by atoms with Crippen LogP contribution in [0.4, 0.5) is 8.78 Å². The third-order valence-electron chi connectivity index (χ3n) is 7.20. The molecule has 1 aromatic heterocycles. The number of aromatic carboxylic acids is 1. The second-order valence-corrected chi connectivity index (χ2v) is 9.66. The van der Waals surface area contributed by atoms with Crippen molar-refractivity contribution < 1.29 is 23.5 Å². The van der Waals surface area contributed by atoms with Gasteiger partial charge in [0.15, 0.2) is 0 Å². The molecule has 8 heteroatoms. The lowest BCUT2D eigenvalue weighted by atomic mass is 9.88. The fraction of sp³-hybridized carbons (Fsp3) is 0.414. The van der Waals surface area contributed by atoms with Crippen LogP contribution in [0.1, 0.15) is 90.4 Å². The molecule has 0 atom stereocenters. The van der Waals surface area contributed by atoms with Gasteiger partial charge in [-0.25, -0.2) is 22.9 Å². The molecule has 1 aliphatic rings. The maximum absolute atomic E-state index is 14.3. The molecule has 1 aliphatic carbocycles. The average molecular weight is 511 g/mol. The monoisotopic (exact) mass is 510 g/mol. The van der Waals surface area contributed by atoms with Crippen LogP contribution in [-0.2, 0) is 13.0 Å². The summed E-state index contributed by atoms with van der Waals surface area (Å²) in [5, 5.41) is 9.49. The van der Waals surface area contributed by atoms with Crippen LogP contribution in [0.5, 0.6) is 0 Å². The lowest BCUT2D eigenvalue weighted by Crippen LogP contribution is -2.35. The van der Waals surface area contributed by atoms with Gasteiger partial charge >= 0.3 is 11.7 Å². The molecular weight excluding hydrogens is 478 g/mol. The van der Waals surface area contributed by atoms with E-state index in [2.05, 4.69) is 0 Å². The minimum atomic E-state index is -2.94. The Hall–Kier alpha value is -3.55. The van der Waals surface area contributed by atoms with E-state index in [-0.39, 0.29) is 24.2 Å². The summed E-state index contributed by atoms with van der Waals surface area (Å²) in [5.41, 5.74) is 1.16. The van der Waals surface area contributed by atoms with Gasteiger partial charge in [-0.1, -0.05) is 75.1 Å². The van der Waals surface area contributed by atoms with E-state index in [1.165, 1.54) is 10.6 Å². The lowest BCUT2D eigenvalue weighted by molar-refractivity contribution is 0.0696. The number of carboxylic acids is 1. The summed E-state index contributed by atoms with van der Waals surface area (Å²) in [7, 11) is 0. The summed E-state index contributed by atoms with van der Waals surface area (Å²) in [6, 6.07) is 13.7. The fourth-order valence-corrected chi connectivity index (χ4v) is 5.24. The number of hydrogen-bond donors (Lipinski definition) is 1. The summed E-state index contributed by atoms with van der Waals surface area (Å²) in [6.07, 6.45) is 2.67. The Morgan fingerprint density at radius 1 is 1.03 bits per heavy atom. The Balaban J connectivity index is 1.72. The first-order valence-electron chi connectivity index (χ1n) is 12.9. The second-order valence-electron chi connectivity index (χ2n) is 9.66. The van der Waals surface area contributed by atoms with E-state index in [1.54, 1.807) is 42.5 Å². The van der Waals surface area contributed by atoms with Crippen molar-refractivity contribution in [1.29, 1.82) is 0 Å². The highest BCUT2D eigenvalue weighted by molar-refractivity contribution is 5.96. The van der Waals surface area contributed by atoms with Gasteiger partial charge in [-0.3, -0.25) is 9.36 Å². The zero-order chi connectivity index (χ0) is 26.5. The van der Waals surface area contributed by atoms with Crippen molar-refractivity contribution in [1.82, 2.24) is 9.13 Å². The van der Waals surface area contributed by atoms with E-state index in [0.29, 0.717) is 36.0 Å². The molecule has 0 bridgehead atoms. The van der Waals surface area contributed by atoms with E-state index < -0.39 is 35.6 Å². The molecule has 1 heterocycles. The van der Waals surface area contributed by atoms with Crippen LogP contribution in [0.25, 0.3) is 11.1 Å². The van der Waals surface area contributed by atoms with E-state index in [1.807, 2.05) is 6.92 Å². The van der Waals surface area contributed by atoms with Gasteiger partial charge in [-0.05, 0) is 48.4 Å². The van der Waals surface area contributed by atoms with E-state index in [9.17, 15) is 28.3 Å². The number of rotatable bonds is 9. The summed E-state index contributed by atoms with van der Waals surface area (Å²) < 4.78 is 30.8. The molecule has 0 aliphatic heterocycles. The molecule has 4 rings (SSSR count). The number of unbranched alkanes of at least 4 members (excludes halogenated alkanes) is 1. The van der Waals surface area contributed by atoms with E-state index in [0.717, 1.165) is 30.3 Å². The van der Waals surface area contributed by atoms with Crippen molar-refractivity contribution in [2.75, 3.05) is 0 Å². The summed E-state index contributed by atoms with van der Waals surface area (Å²) >= 11 is 0. The minimum Gasteiger partial charge on any atom is -0.478 e. The van der Waals surface area contributed by atoms with Crippen LogP contribution in [0.15, 0.2) is 53.3 Å². The number of alkyl halides is 2. The molecule has 1 N–H and O–H groups in total. The van der Waals surface area contributed by atoms with Gasteiger partial charge in [0.05, 0.1) is 12.1 Å². The number of imidazole rings is 1. The standard InChI is InChI=1S/C29H32F2N2O4/c1-2-3-13-24-25(26(30)31)33(27(34)21-9-5-4-6-10-21)29(37)32(24)18-19-14-16-20(17-15-19)22-11-7-8-12-23(22)28(35)36/h7-8,11-12,14-17,21,26H,2-6,9-10,13,18H2,1H3,(H,35,36). The van der Waals surface area contributed by atoms with Crippen LogP contribution in [0, 0.1) is 5.92 Å². The predicted molar refractivity (Wildman–Crippen MR) is 137 cm³/mol. The van der Waals surface area contributed by atoms with Gasteiger partial charge in [0, 0.05) is 11.6 Å². The highest BCUT2D eigenvalue weighted by atomic mass is 19.3. The maximum Gasteiger partial charge on any atom is 0.336 e. The number of carbonyl (C=O) groups excluding carboxylic acids is 1. The first-order chi connectivity index (χ1) is 17.8. The molecule has 37 heavy (non-hydrogen) atoms. The summed E-state index contributed by atoms with van der Waals surface area (Å²) in [4.78, 5) is 38.4. The first kappa shape index (κ1) is 26.5. The molecular formula is C29H32F2N2O4. The van der Waals surface area contributed by atoms with Crippen molar-refractivity contribution >= 4 is 11.9 Å². The number of carboxylic acid groups (broad SMARTS) is 1. The Morgan fingerprint density at radius 2 is 1.70 bits per heavy atom. The number of benzene rings is 2. The number of hydrogen-bond acceptors (Lipinski definition) is 3. The third kappa shape index (κ3) is 5.58. The molecule has 2 aromatic carbocycles. The summed E-state index contributed by atoms with van der Waals surface area (Å²) in [5.74, 6) is -1.96. The van der Waals surface area contributed by atoms with E-state index >= 15 is 0 Å². The fourth-order valence-electron chi connectivity index (χ4n) is 5.24. The Morgan fingerprint density at radius 3 is 2.32 bits per heavy atom. The maximum atomic E-state index is 14.3. The SMILES string of the molecule is CCCCc1c(C(F)F)n(C(=O)C2CCCCC2)c(=O)n1Cc1ccc(-c2ccccc2C(=O)O)cc1. The average Bonchev–Trinajstić information content (AvgIpc) is 3.19. The zero-order valence-corrected chi connectivity index (χ0v) is 21.0. The molecule has 3 aromatic rings. The van der Waals surface area contributed by atoms with Gasteiger partial charge < -0.3 is 5.11 Å². The lowest BCUT2D eigenvalue weighted by Gasteiger charge is -2.20. The molecule has 1 saturated carbocycles. The van der Waals surface area contributed by atoms with Crippen LogP contribution in [-0.4, -0.2) is 26.1 Å². The molecule has 0 unspecified atom stereocenters. The molecule has 0 saturated heterocycles. The third-order valence-corrected chi connectivity index (χ3v) is 7.20. The normalized spacial score (nSPS) is 14.3. The van der Waals surface area contributed by atoms with Crippen molar-refractivity contribution in [2.45, 2.75) is 71.3 Å². The Bertz CT molecular complexity index is 1320.